The Kier molecular flexibility index (Phi) is 6.16. The fourth-order valence-electron chi connectivity index (χ4n) is 2.96. The first kappa shape index (κ1) is 20.2. The molecule has 5 nitrogen and oxygen atoms in total. The number of rotatable bonds is 6. The van der Waals surface area contributed by atoms with Crippen molar-refractivity contribution in [2.45, 2.75) is 17.3 Å². The summed E-state index contributed by atoms with van der Waals surface area (Å²) >= 11 is 7.57. The number of carbonyl (C=O) groups is 1. The van der Waals surface area contributed by atoms with Crippen LogP contribution in [-0.2, 0) is 4.79 Å². The van der Waals surface area contributed by atoms with Gasteiger partial charge in [0.2, 0.25) is 5.91 Å². The number of nitrogens with one attached hydrogen (secondary N) is 1. The molecule has 1 aromatic heterocycles. The molecule has 0 aliphatic heterocycles. The number of amides is 1. The first-order valence-corrected chi connectivity index (χ1v) is 10.6. The standard InChI is InChI=1S/C23H19ClN4OS/c1-16-12-13-18(14-20(16)24)26-22(29)21(17-8-4-2-5-9-17)30-23-27-25-15-28(23)19-10-6-3-7-11-19/h2-15,21H,1H3,(H,26,29)/t21-/m1/s1. The number of hydrogen-bond donors (Lipinski definition) is 1. The Morgan fingerprint density at radius 1 is 1.03 bits per heavy atom. The van der Waals surface area contributed by atoms with Gasteiger partial charge in [-0.1, -0.05) is 78.0 Å². The Bertz CT molecular complexity index is 1150. The molecule has 0 spiro atoms. The number of hydrogen-bond acceptors (Lipinski definition) is 4. The van der Waals surface area contributed by atoms with Crippen molar-refractivity contribution in [1.29, 1.82) is 0 Å². The molecule has 7 heteroatoms. The van der Waals surface area contributed by atoms with Crippen molar-refractivity contribution in [3.63, 3.8) is 0 Å². The maximum absolute atomic E-state index is 13.3. The summed E-state index contributed by atoms with van der Waals surface area (Å²) in [4.78, 5) is 13.3. The summed E-state index contributed by atoms with van der Waals surface area (Å²) < 4.78 is 1.87. The van der Waals surface area contributed by atoms with E-state index in [-0.39, 0.29) is 5.91 Å². The van der Waals surface area contributed by atoms with Crippen LogP contribution in [0.1, 0.15) is 16.4 Å². The second kappa shape index (κ2) is 9.15. The van der Waals surface area contributed by atoms with Gasteiger partial charge in [-0.2, -0.15) is 0 Å². The zero-order valence-corrected chi connectivity index (χ0v) is 17.8. The van der Waals surface area contributed by atoms with E-state index in [2.05, 4.69) is 15.5 Å². The molecule has 1 amide bonds. The summed E-state index contributed by atoms with van der Waals surface area (Å²) in [6, 6.07) is 24.9. The number of aryl methyl sites for hydroxylation is 1. The van der Waals surface area contributed by atoms with Crippen molar-refractivity contribution in [2.75, 3.05) is 5.32 Å². The molecular weight excluding hydrogens is 416 g/mol. The fraction of sp³-hybridized carbons (Fsp3) is 0.0870. The van der Waals surface area contributed by atoms with Crippen LogP contribution in [0.15, 0.2) is 90.3 Å². The Labute approximate surface area is 184 Å². The third-order valence-electron chi connectivity index (χ3n) is 4.55. The van der Waals surface area contributed by atoms with E-state index in [4.69, 9.17) is 11.6 Å². The number of para-hydroxylation sites is 1. The monoisotopic (exact) mass is 434 g/mol. The van der Waals surface area contributed by atoms with E-state index < -0.39 is 5.25 Å². The molecule has 4 rings (SSSR count). The quantitative estimate of drug-likeness (QED) is 0.395. The van der Waals surface area contributed by atoms with Crippen LogP contribution >= 0.6 is 23.4 Å². The SMILES string of the molecule is Cc1ccc(NC(=O)[C@H](Sc2nncn2-c2ccccc2)c2ccccc2)cc1Cl. The molecule has 4 aromatic rings. The summed E-state index contributed by atoms with van der Waals surface area (Å²) in [5.41, 5.74) is 3.42. The van der Waals surface area contributed by atoms with Crippen LogP contribution in [-0.4, -0.2) is 20.7 Å². The van der Waals surface area contributed by atoms with Crippen molar-refractivity contribution >= 4 is 35.0 Å². The van der Waals surface area contributed by atoms with Gasteiger partial charge in [-0.05, 0) is 42.3 Å². The van der Waals surface area contributed by atoms with E-state index in [1.165, 1.54) is 11.8 Å². The number of benzene rings is 3. The summed E-state index contributed by atoms with van der Waals surface area (Å²) in [5, 5.41) is 12.0. The molecule has 30 heavy (non-hydrogen) atoms. The molecule has 0 fully saturated rings. The minimum absolute atomic E-state index is 0.159. The van der Waals surface area contributed by atoms with Crippen molar-refractivity contribution in [2.24, 2.45) is 0 Å². The number of halogens is 1. The highest BCUT2D eigenvalue weighted by Crippen LogP contribution is 2.36. The first-order valence-electron chi connectivity index (χ1n) is 9.36. The molecule has 0 aliphatic carbocycles. The van der Waals surface area contributed by atoms with Crippen LogP contribution < -0.4 is 5.32 Å². The molecule has 0 unspecified atom stereocenters. The molecule has 0 saturated heterocycles. The van der Waals surface area contributed by atoms with E-state index in [1.807, 2.05) is 84.3 Å². The van der Waals surface area contributed by atoms with Gasteiger partial charge >= 0.3 is 0 Å². The number of nitrogens with zero attached hydrogens (tertiary/aromatic N) is 3. The minimum Gasteiger partial charge on any atom is -0.325 e. The fourth-order valence-corrected chi connectivity index (χ4v) is 4.17. The van der Waals surface area contributed by atoms with Gasteiger partial charge in [-0.3, -0.25) is 9.36 Å². The molecule has 3 aromatic carbocycles. The molecule has 0 radical (unpaired) electrons. The second-order valence-corrected chi connectivity index (χ2v) is 8.16. The Morgan fingerprint density at radius 2 is 1.73 bits per heavy atom. The van der Waals surface area contributed by atoms with Gasteiger partial charge in [-0.25, -0.2) is 0 Å². The third kappa shape index (κ3) is 4.56. The van der Waals surface area contributed by atoms with Crippen molar-refractivity contribution in [1.82, 2.24) is 14.8 Å². The topological polar surface area (TPSA) is 59.8 Å². The molecular formula is C23H19ClN4OS. The lowest BCUT2D eigenvalue weighted by Crippen LogP contribution is -2.19. The van der Waals surface area contributed by atoms with Crippen LogP contribution in [0.2, 0.25) is 5.02 Å². The van der Waals surface area contributed by atoms with E-state index >= 15 is 0 Å². The number of thioether (sulfide) groups is 1. The van der Waals surface area contributed by atoms with E-state index in [0.717, 1.165) is 16.8 Å². The highest BCUT2D eigenvalue weighted by Gasteiger charge is 2.25. The van der Waals surface area contributed by atoms with Crippen molar-refractivity contribution in [3.8, 4) is 5.69 Å². The maximum Gasteiger partial charge on any atom is 0.242 e. The van der Waals surface area contributed by atoms with Crippen molar-refractivity contribution in [3.05, 3.63) is 101 Å². The van der Waals surface area contributed by atoms with Crippen molar-refractivity contribution < 1.29 is 4.79 Å². The lowest BCUT2D eigenvalue weighted by Gasteiger charge is -2.17. The molecule has 0 saturated carbocycles. The predicted octanol–water partition coefficient (Wildman–Crippen LogP) is 5.70. The number of carbonyl (C=O) groups excluding carboxylic acids is 1. The van der Waals surface area contributed by atoms with Gasteiger partial charge in [0.1, 0.15) is 11.6 Å². The van der Waals surface area contributed by atoms with Gasteiger partial charge < -0.3 is 5.32 Å². The number of anilines is 1. The Morgan fingerprint density at radius 3 is 2.43 bits per heavy atom. The van der Waals surface area contributed by atoms with Gasteiger partial charge in [0.15, 0.2) is 5.16 Å². The minimum atomic E-state index is -0.516. The first-order chi connectivity index (χ1) is 14.6. The van der Waals surface area contributed by atoms with E-state index in [9.17, 15) is 4.79 Å². The number of aromatic nitrogens is 3. The molecule has 1 atom stereocenters. The molecule has 0 bridgehead atoms. The summed E-state index contributed by atoms with van der Waals surface area (Å²) in [7, 11) is 0. The van der Waals surface area contributed by atoms with Gasteiger partial charge in [-0.15, -0.1) is 10.2 Å². The van der Waals surface area contributed by atoms with Crippen LogP contribution in [0, 0.1) is 6.92 Å². The van der Waals surface area contributed by atoms with Crippen LogP contribution in [0.4, 0.5) is 5.69 Å². The van der Waals surface area contributed by atoms with Crippen LogP contribution in [0.3, 0.4) is 0 Å². The Hall–Kier alpha value is -3.09. The highest BCUT2D eigenvalue weighted by molar-refractivity contribution is 8.00. The highest BCUT2D eigenvalue weighted by atomic mass is 35.5. The second-order valence-electron chi connectivity index (χ2n) is 6.68. The van der Waals surface area contributed by atoms with E-state index in [0.29, 0.717) is 15.9 Å². The summed E-state index contributed by atoms with van der Waals surface area (Å²) in [5.74, 6) is -0.159. The lowest BCUT2D eigenvalue weighted by molar-refractivity contribution is -0.115. The third-order valence-corrected chi connectivity index (χ3v) is 6.17. The zero-order valence-electron chi connectivity index (χ0n) is 16.2. The van der Waals surface area contributed by atoms with E-state index in [1.54, 1.807) is 12.4 Å². The predicted molar refractivity (Wildman–Crippen MR) is 121 cm³/mol. The van der Waals surface area contributed by atoms with Crippen LogP contribution in [0.25, 0.3) is 5.69 Å². The maximum atomic E-state index is 13.3. The summed E-state index contributed by atoms with van der Waals surface area (Å²) in [6.07, 6.45) is 1.65. The average molecular weight is 435 g/mol. The average Bonchev–Trinajstić information content (AvgIpc) is 3.24. The Balaban J connectivity index is 1.64. The van der Waals surface area contributed by atoms with Crippen LogP contribution in [0.5, 0.6) is 0 Å². The van der Waals surface area contributed by atoms with Gasteiger partial charge in [0.25, 0.3) is 0 Å². The zero-order chi connectivity index (χ0) is 20.9. The lowest BCUT2D eigenvalue weighted by atomic mass is 10.1. The summed E-state index contributed by atoms with van der Waals surface area (Å²) in [6.45, 7) is 1.92. The largest absolute Gasteiger partial charge is 0.325 e. The molecule has 1 heterocycles. The normalized spacial score (nSPS) is 11.8. The van der Waals surface area contributed by atoms with Gasteiger partial charge in [0.05, 0.1) is 0 Å². The molecule has 150 valence electrons. The molecule has 1 N–H and O–H groups in total. The smallest absolute Gasteiger partial charge is 0.242 e. The van der Waals surface area contributed by atoms with Gasteiger partial charge in [0, 0.05) is 16.4 Å². The molecule has 0 aliphatic rings.